The average Bonchev–Trinajstić information content (AvgIpc) is 2.76. The Labute approximate surface area is 167 Å². The maximum Gasteiger partial charge on any atom is 0.222 e. The first-order valence-corrected chi connectivity index (χ1v) is 10.6. The number of carbonyl (C=O) groups is 1. The van der Waals surface area contributed by atoms with Crippen LogP contribution in [0.4, 0.5) is 0 Å². The number of morpholine rings is 1. The van der Waals surface area contributed by atoms with Crippen molar-refractivity contribution >= 4 is 5.91 Å². The average molecular weight is 389 g/mol. The zero-order chi connectivity index (χ0) is 19.4. The molecule has 0 aliphatic carbocycles. The van der Waals surface area contributed by atoms with Crippen LogP contribution in [0, 0.1) is 5.92 Å². The third kappa shape index (κ3) is 4.25. The number of benzene rings is 1. The van der Waals surface area contributed by atoms with Gasteiger partial charge in [0.15, 0.2) is 0 Å². The van der Waals surface area contributed by atoms with Gasteiger partial charge < -0.3 is 19.5 Å². The Morgan fingerprint density at radius 1 is 1.04 bits per heavy atom. The lowest BCUT2D eigenvalue weighted by Crippen LogP contribution is -2.63. The fourth-order valence-corrected chi connectivity index (χ4v) is 4.85. The summed E-state index contributed by atoms with van der Waals surface area (Å²) in [7, 11) is 0. The second-order valence-electron chi connectivity index (χ2n) is 8.30. The molecule has 3 fully saturated rings. The predicted octanol–water partition coefficient (Wildman–Crippen LogP) is 1.62. The van der Waals surface area contributed by atoms with Gasteiger partial charge in [-0.25, -0.2) is 0 Å². The first-order valence-electron chi connectivity index (χ1n) is 10.6. The van der Waals surface area contributed by atoms with Crippen LogP contribution in [0.5, 0.6) is 0 Å². The van der Waals surface area contributed by atoms with E-state index in [1.807, 2.05) is 35.2 Å². The molecule has 1 aromatic carbocycles. The standard InChI is InChI=1S/C22H32N2O4/c25-21(16-18-6-12-27-13-7-18)24-9-8-22(26,19-4-2-1-3-5-19)20(17-24)23-10-14-28-15-11-23/h1-5,18,20,26H,6-17H2/t20-,22+/m1/s1. The van der Waals surface area contributed by atoms with Gasteiger partial charge in [0.1, 0.15) is 5.60 Å². The molecule has 3 aliphatic heterocycles. The normalized spacial score (nSPS) is 30.3. The second kappa shape index (κ2) is 8.91. The maximum absolute atomic E-state index is 13.0. The summed E-state index contributed by atoms with van der Waals surface area (Å²) in [5.74, 6) is 0.651. The van der Waals surface area contributed by atoms with Gasteiger partial charge in [-0.3, -0.25) is 9.69 Å². The molecular formula is C22H32N2O4. The minimum absolute atomic E-state index is 0.105. The van der Waals surface area contributed by atoms with Crippen molar-refractivity contribution in [3.05, 3.63) is 35.9 Å². The van der Waals surface area contributed by atoms with Crippen LogP contribution >= 0.6 is 0 Å². The van der Waals surface area contributed by atoms with Crippen LogP contribution in [0.2, 0.25) is 0 Å². The van der Waals surface area contributed by atoms with E-state index in [2.05, 4.69) is 4.90 Å². The van der Waals surface area contributed by atoms with Gasteiger partial charge in [0.2, 0.25) is 5.91 Å². The van der Waals surface area contributed by atoms with Gasteiger partial charge in [0.25, 0.3) is 0 Å². The number of rotatable bonds is 4. The predicted molar refractivity (Wildman–Crippen MR) is 106 cm³/mol. The molecule has 0 spiro atoms. The summed E-state index contributed by atoms with van der Waals surface area (Å²) in [6.07, 6.45) is 3.11. The molecular weight excluding hydrogens is 356 g/mol. The van der Waals surface area contributed by atoms with Crippen LogP contribution in [0.1, 0.15) is 31.2 Å². The lowest BCUT2D eigenvalue weighted by Gasteiger charge is -2.50. The van der Waals surface area contributed by atoms with E-state index >= 15 is 0 Å². The molecule has 3 aliphatic rings. The van der Waals surface area contributed by atoms with E-state index in [4.69, 9.17) is 9.47 Å². The Bertz CT molecular complexity index is 643. The maximum atomic E-state index is 13.0. The highest BCUT2D eigenvalue weighted by Crippen LogP contribution is 2.37. The zero-order valence-electron chi connectivity index (χ0n) is 16.6. The number of hydrogen-bond donors (Lipinski definition) is 1. The van der Waals surface area contributed by atoms with E-state index in [0.717, 1.165) is 44.7 Å². The molecule has 1 N–H and O–H groups in total. The lowest BCUT2D eigenvalue weighted by molar-refractivity contribution is -0.149. The monoisotopic (exact) mass is 388 g/mol. The summed E-state index contributed by atoms with van der Waals surface area (Å²) >= 11 is 0. The Balaban J connectivity index is 1.50. The van der Waals surface area contributed by atoms with Crippen molar-refractivity contribution in [2.24, 2.45) is 5.92 Å². The molecule has 3 heterocycles. The first kappa shape index (κ1) is 19.8. The van der Waals surface area contributed by atoms with E-state index in [0.29, 0.717) is 45.1 Å². The van der Waals surface area contributed by atoms with Crippen molar-refractivity contribution in [2.45, 2.75) is 37.3 Å². The lowest BCUT2D eigenvalue weighted by atomic mass is 9.79. The van der Waals surface area contributed by atoms with Crippen LogP contribution < -0.4 is 0 Å². The topological polar surface area (TPSA) is 62.2 Å². The third-order valence-corrected chi connectivity index (χ3v) is 6.62. The van der Waals surface area contributed by atoms with Gasteiger partial charge in [-0.15, -0.1) is 0 Å². The summed E-state index contributed by atoms with van der Waals surface area (Å²) in [4.78, 5) is 17.3. The summed E-state index contributed by atoms with van der Waals surface area (Å²) in [6.45, 7) is 5.66. The van der Waals surface area contributed by atoms with Gasteiger partial charge in [0, 0.05) is 45.8 Å². The van der Waals surface area contributed by atoms with Gasteiger partial charge in [-0.1, -0.05) is 30.3 Å². The molecule has 1 amide bonds. The molecule has 0 unspecified atom stereocenters. The Hall–Kier alpha value is -1.47. The largest absolute Gasteiger partial charge is 0.383 e. The minimum Gasteiger partial charge on any atom is -0.383 e. The third-order valence-electron chi connectivity index (χ3n) is 6.62. The van der Waals surface area contributed by atoms with Crippen LogP contribution in [-0.2, 0) is 19.9 Å². The number of carbonyl (C=O) groups excluding carboxylic acids is 1. The molecule has 0 saturated carbocycles. The number of aliphatic hydroxyl groups is 1. The Morgan fingerprint density at radius 3 is 2.43 bits per heavy atom. The van der Waals surface area contributed by atoms with Crippen LogP contribution in [0.25, 0.3) is 0 Å². The molecule has 6 nitrogen and oxygen atoms in total. The fourth-order valence-electron chi connectivity index (χ4n) is 4.85. The molecule has 3 saturated heterocycles. The number of hydrogen-bond acceptors (Lipinski definition) is 5. The summed E-state index contributed by atoms with van der Waals surface area (Å²) in [6, 6.07) is 9.84. The highest BCUT2D eigenvalue weighted by atomic mass is 16.5. The van der Waals surface area contributed by atoms with Crippen molar-refractivity contribution in [3.63, 3.8) is 0 Å². The van der Waals surface area contributed by atoms with E-state index in [1.165, 1.54) is 0 Å². The summed E-state index contributed by atoms with van der Waals surface area (Å²) in [5, 5.41) is 11.7. The van der Waals surface area contributed by atoms with E-state index in [1.54, 1.807) is 0 Å². The van der Waals surface area contributed by atoms with Crippen LogP contribution in [-0.4, -0.2) is 79.5 Å². The molecule has 4 rings (SSSR count). The molecule has 0 radical (unpaired) electrons. The van der Waals surface area contributed by atoms with Gasteiger partial charge >= 0.3 is 0 Å². The smallest absolute Gasteiger partial charge is 0.222 e. The van der Waals surface area contributed by atoms with Crippen molar-refractivity contribution in [1.82, 2.24) is 9.80 Å². The minimum atomic E-state index is -0.936. The molecule has 0 aromatic heterocycles. The number of nitrogens with zero attached hydrogens (tertiary/aromatic N) is 2. The number of ether oxygens (including phenoxy) is 2. The SMILES string of the molecule is O=C(CC1CCOCC1)N1CC[C@](O)(c2ccccc2)[C@H](N2CCOCC2)C1. The van der Waals surface area contributed by atoms with E-state index < -0.39 is 5.60 Å². The summed E-state index contributed by atoms with van der Waals surface area (Å²) < 4.78 is 10.9. The summed E-state index contributed by atoms with van der Waals surface area (Å²) in [5.41, 5.74) is 0.0108. The molecule has 154 valence electrons. The number of likely N-dealkylation sites (tertiary alicyclic amines) is 1. The molecule has 1 aromatic rings. The highest BCUT2D eigenvalue weighted by molar-refractivity contribution is 5.76. The second-order valence-corrected chi connectivity index (χ2v) is 8.30. The quantitative estimate of drug-likeness (QED) is 0.849. The van der Waals surface area contributed by atoms with Crippen molar-refractivity contribution in [2.75, 3.05) is 52.6 Å². The highest BCUT2D eigenvalue weighted by Gasteiger charge is 2.47. The molecule has 28 heavy (non-hydrogen) atoms. The number of piperidine rings is 1. The first-order chi connectivity index (χ1) is 13.7. The van der Waals surface area contributed by atoms with Crippen LogP contribution in [0.15, 0.2) is 30.3 Å². The van der Waals surface area contributed by atoms with Crippen LogP contribution in [0.3, 0.4) is 0 Å². The van der Waals surface area contributed by atoms with E-state index in [-0.39, 0.29) is 11.9 Å². The van der Waals surface area contributed by atoms with Crippen molar-refractivity contribution < 1.29 is 19.4 Å². The Kier molecular flexibility index (Phi) is 6.31. The molecule has 2 atom stereocenters. The zero-order valence-corrected chi connectivity index (χ0v) is 16.6. The molecule has 0 bridgehead atoms. The molecule has 6 heteroatoms. The van der Waals surface area contributed by atoms with Crippen molar-refractivity contribution in [1.29, 1.82) is 0 Å². The van der Waals surface area contributed by atoms with Gasteiger partial charge in [0.05, 0.1) is 19.3 Å². The van der Waals surface area contributed by atoms with Crippen molar-refractivity contribution in [3.8, 4) is 0 Å². The van der Waals surface area contributed by atoms with Gasteiger partial charge in [-0.05, 0) is 30.7 Å². The Morgan fingerprint density at radius 2 is 1.71 bits per heavy atom. The number of amides is 1. The van der Waals surface area contributed by atoms with E-state index in [9.17, 15) is 9.90 Å². The fraction of sp³-hybridized carbons (Fsp3) is 0.682. The van der Waals surface area contributed by atoms with Gasteiger partial charge in [-0.2, -0.15) is 0 Å².